The predicted molar refractivity (Wildman–Crippen MR) is 65.0 cm³/mol. The molecular weight excluding hydrogens is 218 g/mol. The number of hydrogen-bond acceptors (Lipinski definition) is 3. The molecule has 1 aliphatic heterocycles. The first-order chi connectivity index (χ1) is 8.16. The summed E-state index contributed by atoms with van der Waals surface area (Å²) in [6.07, 6.45) is 4.77. The average molecular weight is 235 g/mol. The molecule has 0 aromatic carbocycles. The minimum Gasteiger partial charge on any atom is -0.367 e. The number of rotatable bonds is 2. The Balaban J connectivity index is 2.02. The summed E-state index contributed by atoms with van der Waals surface area (Å²) >= 11 is 0. The number of hydrogen-bond donors (Lipinski definition) is 3. The lowest BCUT2D eigenvalue weighted by Gasteiger charge is -2.28. The van der Waals surface area contributed by atoms with E-state index in [2.05, 4.69) is 22.5 Å². The fourth-order valence-electron chi connectivity index (χ4n) is 2.12. The molecule has 0 aliphatic carbocycles. The van der Waals surface area contributed by atoms with Crippen LogP contribution in [0, 0.1) is 0 Å². The van der Waals surface area contributed by atoms with Crippen LogP contribution in [0.5, 0.6) is 0 Å². The maximum atomic E-state index is 11.9. The molecule has 2 atom stereocenters. The Hall–Kier alpha value is -1.62. The molecule has 1 amide bonds. The number of amides is 1. The summed E-state index contributed by atoms with van der Waals surface area (Å²) < 4.78 is 0. The zero-order valence-corrected chi connectivity index (χ0v) is 9.82. The molecule has 1 saturated heterocycles. The molecule has 92 valence electrons. The fraction of sp³-hybridized carbons (Fsp3) is 0.500. The van der Waals surface area contributed by atoms with Gasteiger partial charge in [0.15, 0.2) is 5.43 Å². The molecule has 0 spiro atoms. The summed E-state index contributed by atoms with van der Waals surface area (Å²) in [5.41, 5.74) is -0.0677. The highest BCUT2D eigenvalue weighted by Gasteiger charge is 2.21. The Morgan fingerprint density at radius 1 is 1.53 bits per heavy atom. The molecule has 2 rings (SSSR count). The van der Waals surface area contributed by atoms with Gasteiger partial charge >= 0.3 is 0 Å². The molecule has 3 N–H and O–H groups in total. The van der Waals surface area contributed by atoms with Gasteiger partial charge in [0.05, 0.1) is 0 Å². The predicted octanol–water partition coefficient (Wildman–Crippen LogP) is 0.245. The van der Waals surface area contributed by atoms with E-state index in [-0.39, 0.29) is 22.9 Å². The van der Waals surface area contributed by atoms with Gasteiger partial charge in [-0.15, -0.1) is 0 Å². The van der Waals surface area contributed by atoms with Gasteiger partial charge in [0, 0.05) is 30.5 Å². The molecule has 1 aliphatic rings. The Morgan fingerprint density at radius 3 is 3.06 bits per heavy atom. The molecule has 2 unspecified atom stereocenters. The molecule has 1 aromatic rings. The topological polar surface area (TPSA) is 74.0 Å². The maximum absolute atomic E-state index is 11.9. The number of carbonyl (C=O) groups is 1. The summed E-state index contributed by atoms with van der Waals surface area (Å²) in [6.45, 7) is 2.99. The number of aromatic nitrogens is 1. The fourth-order valence-corrected chi connectivity index (χ4v) is 2.12. The van der Waals surface area contributed by atoms with Crippen molar-refractivity contribution in [1.29, 1.82) is 0 Å². The van der Waals surface area contributed by atoms with Gasteiger partial charge in [-0.1, -0.05) is 0 Å². The second-order valence-electron chi connectivity index (χ2n) is 4.47. The Morgan fingerprint density at radius 2 is 2.35 bits per heavy atom. The molecule has 2 heterocycles. The second kappa shape index (κ2) is 5.14. The van der Waals surface area contributed by atoms with Crippen molar-refractivity contribution in [2.24, 2.45) is 0 Å². The van der Waals surface area contributed by atoms with Crippen molar-refractivity contribution in [3.8, 4) is 0 Å². The van der Waals surface area contributed by atoms with E-state index < -0.39 is 0 Å². The van der Waals surface area contributed by atoms with Crippen molar-refractivity contribution in [2.45, 2.75) is 31.8 Å². The van der Waals surface area contributed by atoms with Gasteiger partial charge in [0.25, 0.3) is 5.91 Å². The number of pyridine rings is 1. The minimum atomic E-state index is -0.286. The monoisotopic (exact) mass is 235 g/mol. The summed E-state index contributed by atoms with van der Waals surface area (Å²) in [5, 5.41) is 6.22. The van der Waals surface area contributed by atoms with Crippen molar-refractivity contribution >= 4 is 5.91 Å². The van der Waals surface area contributed by atoms with Crippen LogP contribution in [0.25, 0.3) is 0 Å². The third-order valence-electron chi connectivity index (χ3n) is 3.03. The van der Waals surface area contributed by atoms with Gasteiger partial charge in [-0.25, -0.2) is 0 Å². The molecule has 1 aromatic heterocycles. The van der Waals surface area contributed by atoms with Gasteiger partial charge in [-0.3, -0.25) is 9.59 Å². The molecule has 1 fully saturated rings. The van der Waals surface area contributed by atoms with Gasteiger partial charge < -0.3 is 15.6 Å². The second-order valence-corrected chi connectivity index (χ2v) is 4.47. The summed E-state index contributed by atoms with van der Waals surface area (Å²) in [5.74, 6) is -0.286. The Kier molecular flexibility index (Phi) is 3.58. The SMILES string of the molecule is CC1CC(NC(=O)c2c[nH]ccc2=O)CCN1. The van der Waals surface area contributed by atoms with Crippen molar-refractivity contribution in [3.05, 3.63) is 34.2 Å². The lowest BCUT2D eigenvalue weighted by atomic mass is 10.0. The van der Waals surface area contributed by atoms with E-state index in [0.717, 1.165) is 19.4 Å². The zero-order valence-electron chi connectivity index (χ0n) is 9.82. The number of aromatic amines is 1. The lowest BCUT2D eigenvalue weighted by Crippen LogP contribution is -2.47. The largest absolute Gasteiger partial charge is 0.367 e. The minimum absolute atomic E-state index is 0.151. The van der Waals surface area contributed by atoms with Crippen LogP contribution < -0.4 is 16.1 Å². The number of carbonyl (C=O) groups excluding carboxylic acids is 1. The van der Waals surface area contributed by atoms with Gasteiger partial charge in [0.1, 0.15) is 5.56 Å². The third-order valence-corrected chi connectivity index (χ3v) is 3.03. The van der Waals surface area contributed by atoms with Crippen molar-refractivity contribution in [2.75, 3.05) is 6.54 Å². The first-order valence-electron chi connectivity index (χ1n) is 5.88. The van der Waals surface area contributed by atoms with Crippen LogP contribution in [-0.2, 0) is 0 Å². The van der Waals surface area contributed by atoms with Gasteiger partial charge in [-0.05, 0) is 26.3 Å². The van der Waals surface area contributed by atoms with E-state index >= 15 is 0 Å². The third kappa shape index (κ3) is 2.94. The van der Waals surface area contributed by atoms with E-state index in [1.165, 1.54) is 18.5 Å². The molecule has 0 radical (unpaired) electrons. The summed E-state index contributed by atoms with van der Waals surface area (Å²) in [7, 11) is 0. The molecule has 0 bridgehead atoms. The number of piperidine rings is 1. The normalized spacial score (nSPS) is 24.3. The quantitative estimate of drug-likeness (QED) is 0.687. The van der Waals surface area contributed by atoms with Crippen LogP contribution in [0.15, 0.2) is 23.3 Å². The molecule has 0 saturated carbocycles. The molecular formula is C12H17N3O2. The first-order valence-corrected chi connectivity index (χ1v) is 5.88. The Labute approximate surface area is 99.6 Å². The molecule has 5 nitrogen and oxygen atoms in total. The highest BCUT2D eigenvalue weighted by Crippen LogP contribution is 2.08. The maximum Gasteiger partial charge on any atom is 0.256 e. The van der Waals surface area contributed by atoms with Gasteiger partial charge in [0.2, 0.25) is 0 Å². The van der Waals surface area contributed by atoms with Crippen LogP contribution in [0.2, 0.25) is 0 Å². The smallest absolute Gasteiger partial charge is 0.256 e. The Bertz CT molecular complexity index is 455. The van der Waals surface area contributed by atoms with Crippen LogP contribution in [-0.4, -0.2) is 29.5 Å². The van der Waals surface area contributed by atoms with E-state index in [1.807, 2.05) is 0 Å². The molecule has 5 heteroatoms. The van der Waals surface area contributed by atoms with E-state index in [4.69, 9.17) is 0 Å². The van der Waals surface area contributed by atoms with E-state index in [9.17, 15) is 9.59 Å². The summed E-state index contributed by atoms with van der Waals surface area (Å²) in [6, 6.07) is 1.92. The highest BCUT2D eigenvalue weighted by atomic mass is 16.2. The van der Waals surface area contributed by atoms with E-state index in [1.54, 1.807) is 0 Å². The molecule has 17 heavy (non-hydrogen) atoms. The standard InChI is InChI=1S/C12H17N3O2/c1-8-6-9(2-5-14-8)15-12(17)10-7-13-4-3-11(10)16/h3-4,7-9,14H,2,5-6H2,1H3,(H,13,16)(H,15,17). The van der Waals surface area contributed by atoms with Crippen molar-refractivity contribution < 1.29 is 4.79 Å². The zero-order chi connectivity index (χ0) is 12.3. The van der Waals surface area contributed by atoms with Crippen LogP contribution in [0.4, 0.5) is 0 Å². The van der Waals surface area contributed by atoms with Crippen molar-refractivity contribution in [1.82, 2.24) is 15.6 Å². The average Bonchev–Trinajstić information content (AvgIpc) is 2.29. The van der Waals surface area contributed by atoms with Crippen LogP contribution >= 0.6 is 0 Å². The summed E-state index contributed by atoms with van der Waals surface area (Å²) in [4.78, 5) is 26.1. The highest BCUT2D eigenvalue weighted by molar-refractivity contribution is 5.93. The number of nitrogens with one attached hydrogen (secondary N) is 3. The first kappa shape index (κ1) is 11.9. The van der Waals surface area contributed by atoms with Crippen LogP contribution in [0.1, 0.15) is 30.1 Å². The van der Waals surface area contributed by atoms with Gasteiger partial charge in [-0.2, -0.15) is 0 Å². The number of H-pyrrole nitrogens is 1. The van der Waals surface area contributed by atoms with E-state index in [0.29, 0.717) is 6.04 Å². The lowest BCUT2D eigenvalue weighted by molar-refractivity contribution is 0.0924. The van der Waals surface area contributed by atoms with Crippen LogP contribution in [0.3, 0.4) is 0 Å². The van der Waals surface area contributed by atoms with Crippen molar-refractivity contribution in [3.63, 3.8) is 0 Å².